The molecule has 0 bridgehead atoms. The molecule has 0 saturated carbocycles. The number of fused-ring (bicyclic) bond motifs is 1. The average molecular weight is 235 g/mol. The van der Waals surface area contributed by atoms with E-state index in [1.807, 2.05) is 24.3 Å². The van der Waals surface area contributed by atoms with Crippen molar-refractivity contribution in [2.75, 3.05) is 12.4 Å². The smallest absolute Gasteiger partial charge is 0.252 e. The van der Waals surface area contributed by atoms with Crippen LogP contribution in [0, 0.1) is 0 Å². The van der Waals surface area contributed by atoms with E-state index in [0.29, 0.717) is 18.0 Å². The Balaban J connectivity index is 2.40. The number of hydrogen-bond donors (Lipinski definition) is 1. The lowest BCUT2D eigenvalue weighted by atomic mass is 10.1. The van der Waals surface area contributed by atoms with E-state index in [-0.39, 0.29) is 5.91 Å². The van der Waals surface area contributed by atoms with Crippen molar-refractivity contribution in [3.63, 3.8) is 0 Å². The summed E-state index contributed by atoms with van der Waals surface area (Å²) in [6, 6.07) is 9.20. The maximum absolute atomic E-state index is 11.8. The number of rotatable bonds is 3. The van der Waals surface area contributed by atoms with Gasteiger partial charge in [0.25, 0.3) is 5.91 Å². The molecule has 2 rings (SSSR count). The largest absolute Gasteiger partial charge is 0.351 e. The Kier molecular flexibility index (Phi) is 3.37. The molecule has 4 heteroatoms. The van der Waals surface area contributed by atoms with Gasteiger partial charge in [0.2, 0.25) is 0 Å². The topological polar surface area (TPSA) is 42.0 Å². The Morgan fingerprint density at radius 1 is 1.31 bits per heavy atom. The van der Waals surface area contributed by atoms with Crippen LogP contribution < -0.4 is 5.32 Å². The normalized spacial score (nSPS) is 10.3. The molecule has 0 unspecified atom stereocenters. The molecule has 0 atom stereocenters. The van der Waals surface area contributed by atoms with E-state index in [2.05, 4.69) is 10.3 Å². The predicted octanol–water partition coefficient (Wildman–Crippen LogP) is 2.20. The van der Waals surface area contributed by atoms with Gasteiger partial charge in [-0.3, -0.25) is 9.78 Å². The first-order chi connectivity index (χ1) is 7.83. The second-order valence-corrected chi connectivity index (χ2v) is 3.70. The van der Waals surface area contributed by atoms with Crippen LogP contribution in [0.15, 0.2) is 36.5 Å². The molecule has 82 valence electrons. The summed E-state index contributed by atoms with van der Waals surface area (Å²) >= 11 is 5.52. The molecule has 1 heterocycles. The molecular weight excluding hydrogens is 224 g/mol. The first-order valence-electron chi connectivity index (χ1n) is 5.01. The molecule has 0 fully saturated rings. The number of alkyl halides is 1. The fourth-order valence-corrected chi connectivity index (χ4v) is 1.65. The molecule has 1 N–H and O–H groups in total. The molecule has 0 radical (unpaired) electrons. The van der Waals surface area contributed by atoms with E-state index in [9.17, 15) is 4.79 Å². The number of aromatic nitrogens is 1. The van der Waals surface area contributed by atoms with Gasteiger partial charge < -0.3 is 5.32 Å². The van der Waals surface area contributed by atoms with Gasteiger partial charge in [-0.2, -0.15) is 0 Å². The standard InChI is InChI=1S/C12H11ClN2O/c13-6-8-15-12(16)10-3-1-5-11-9(10)4-2-7-14-11/h1-5,7H,6,8H2,(H,15,16). The van der Waals surface area contributed by atoms with E-state index < -0.39 is 0 Å². The summed E-state index contributed by atoms with van der Waals surface area (Å²) in [7, 11) is 0. The van der Waals surface area contributed by atoms with Crippen LogP contribution in [0.25, 0.3) is 10.9 Å². The van der Waals surface area contributed by atoms with Gasteiger partial charge in [-0.25, -0.2) is 0 Å². The molecule has 0 aliphatic heterocycles. The van der Waals surface area contributed by atoms with Crippen LogP contribution in [0.5, 0.6) is 0 Å². The number of halogens is 1. The van der Waals surface area contributed by atoms with E-state index in [4.69, 9.17) is 11.6 Å². The van der Waals surface area contributed by atoms with Crippen molar-refractivity contribution in [3.8, 4) is 0 Å². The van der Waals surface area contributed by atoms with Crippen LogP contribution in [0.2, 0.25) is 0 Å². The van der Waals surface area contributed by atoms with E-state index in [0.717, 1.165) is 10.9 Å². The highest BCUT2D eigenvalue weighted by Gasteiger charge is 2.08. The summed E-state index contributed by atoms with van der Waals surface area (Å²) in [6.45, 7) is 0.469. The summed E-state index contributed by atoms with van der Waals surface area (Å²) in [5.74, 6) is 0.300. The molecule has 1 amide bonds. The minimum absolute atomic E-state index is 0.112. The van der Waals surface area contributed by atoms with Crippen molar-refractivity contribution in [2.45, 2.75) is 0 Å². The van der Waals surface area contributed by atoms with Gasteiger partial charge in [0, 0.05) is 29.6 Å². The number of hydrogen-bond acceptors (Lipinski definition) is 2. The monoisotopic (exact) mass is 234 g/mol. The zero-order valence-electron chi connectivity index (χ0n) is 8.61. The van der Waals surface area contributed by atoms with Crippen molar-refractivity contribution >= 4 is 28.4 Å². The van der Waals surface area contributed by atoms with Crippen molar-refractivity contribution in [3.05, 3.63) is 42.1 Å². The van der Waals surface area contributed by atoms with E-state index in [1.165, 1.54) is 0 Å². The third-order valence-corrected chi connectivity index (χ3v) is 2.46. The van der Waals surface area contributed by atoms with Gasteiger partial charge in [-0.1, -0.05) is 12.1 Å². The highest BCUT2D eigenvalue weighted by atomic mass is 35.5. The zero-order valence-corrected chi connectivity index (χ0v) is 9.37. The van der Waals surface area contributed by atoms with Gasteiger partial charge in [-0.15, -0.1) is 11.6 Å². The van der Waals surface area contributed by atoms with Crippen molar-refractivity contribution in [1.29, 1.82) is 0 Å². The zero-order chi connectivity index (χ0) is 11.4. The SMILES string of the molecule is O=C(NCCCl)c1cccc2ncccc12. The van der Waals surface area contributed by atoms with Gasteiger partial charge in [-0.05, 0) is 18.2 Å². The summed E-state index contributed by atoms with van der Waals surface area (Å²) in [5, 5.41) is 3.60. The molecule has 0 aliphatic carbocycles. The Bertz CT molecular complexity index is 508. The summed E-state index contributed by atoms with van der Waals surface area (Å²) in [4.78, 5) is 16.0. The Morgan fingerprint density at radius 2 is 2.19 bits per heavy atom. The van der Waals surface area contributed by atoms with Crippen LogP contribution in [0.1, 0.15) is 10.4 Å². The molecule has 0 aliphatic rings. The third kappa shape index (κ3) is 2.14. The first-order valence-corrected chi connectivity index (χ1v) is 5.54. The summed E-state index contributed by atoms with van der Waals surface area (Å²) in [5.41, 5.74) is 1.46. The molecule has 0 spiro atoms. The molecule has 16 heavy (non-hydrogen) atoms. The maximum Gasteiger partial charge on any atom is 0.252 e. The van der Waals surface area contributed by atoms with Crippen LogP contribution in [0.3, 0.4) is 0 Å². The summed E-state index contributed by atoms with van der Waals surface area (Å²) < 4.78 is 0. The quantitative estimate of drug-likeness (QED) is 0.828. The van der Waals surface area contributed by atoms with Crippen LogP contribution in [-0.2, 0) is 0 Å². The number of nitrogens with one attached hydrogen (secondary N) is 1. The molecule has 1 aromatic heterocycles. The Hall–Kier alpha value is -1.61. The highest BCUT2D eigenvalue weighted by molar-refractivity contribution is 6.18. The van der Waals surface area contributed by atoms with Crippen LogP contribution in [0.4, 0.5) is 0 Å². The third-order valence-electron chi connectivity index (χ3n) is 2.27. The lowest BCUT2D eigenvalue weighted by Crippen LogP contribution is -2.25. The lowest BCUT2D eigenvalue weighted by Gasteiger charge is -2.05. The highest BCUT2D eigenvalue weighted by Crippen LogP contribution is 2.15. The summed E-state index contributed by atoms with van der Waals surface area (Å²) in [6.07, 6.45) is 1.71. The molecule has 0 saturated heterocycles. The van der Waals surface area contributed by atoms with Gasteiger partial charge in [0.1, 0.15) is 0 Å². The molecular formula is C12H11ClN2O. The predicted molar refractivity (Wildman–Crippen MR) is 64.8 cm³/mol. The molecule has 1 aromatic carbocycles. The molecule has 3 nitrogen and oxygen atoms in total. The molecule has 2 aromatic rings. The number of nitrogens with zero attached hydrogens (tertiary/aromatic N) is 1. The Labute approximate surface area is 98.4 Å². The van der Waals surface area contributed by atoms with Crippen molar-refractivity contribution in [1.82, 2.24) is 10.3 Å². The van der Waals surface area contributed by atoms with E-state index >= 15 is 0 Å². The van der Waals surface area contributed by atoms with Crippen LogP contribution >= 0.6 is 11.6 Å². The first kappa shape index (κ1) is 10.9. The number of benzene rings is 1. The van der Waals surface area contributed by atoms with E-state index in [1.54, 1.807) is 12.3 Å². The van der Waals surface area contributed by atoms with Gasteiger partial charge in [0.15, 0.2) is 0 Å². The maximum atomic E-state index is 11.8. The lowest BCUT2D eigenvalue weighted by molar-refractivity contribution is 0.0957. The fraction of sp³-hybridized carbons (Fsp3) is 0.167. The fourth-order valence-electron chi connectivity index (χ4n) is 1.56. The van der Waals surface area contributed by atoms with Crippen molar-refractivity contribution in [2.24, 2.45) is 0 Å². The second kappa shape index (κ2) is 4.94. The van der Waals surface area contributed by atoms with Gasteiger partial charge >= 0.3 is 0 Å². The Morgan fingerprint density at radius 3 is 3.00 bits per heavy atom. The number of pyridine rings is 1. The number of carbonyl (C=O) groups is 1. The van der Waals surface area contributed by atoms with Gasteiger partial charge in [0.05, 0.1) is 5.52 Å². The number of carbonyl (C=O) groups excluding carboxylic acids is 1. The second-order valence-electron chi connectivity index (χ2n) is 3.32. The minimum Gasteiger partial charge on any atom is -0.351 e. The average Bonchev–Trinajstić information content (AvgIpc) is 2.35. The minimum atomic E-state index is -0.112. The van der Waals surface area contributed by atoms with Crippen molar-refractivity contribution < 1.29 is 4.79 Å². The number of amides is 1. The van der Waals surface area contributed by atoms with Crippen LogP contribution in [-0.4, -0.2) is 23.3 Å².